The van der Waals surface area contributed by atoms with Gasteiger partial charge in [0.2, 0.25) is 0 Å². The highest BCUT2D eigenvalue weighted by molar-refractivity contribution is 6.02. The van der Waals surface area contributed by atoms with E-state index in [9.17, 15) is 4.79 Å². The van der Waals surface area contributed by atoms with Crippen LogP contribution in [0.15, 0.2) is 30.5 Å². The van der Waals surface area contributed by atoms with Crippen molar-refractivity contribution in [1.82, 2.24) is 9.78 Å². The number of aryl methyl sites for hydroxylation is 3. The van der Waals surface area contributed by atoms with Crippen LogP contribution in [-0.4, -0.2) is 15.7 Å². The SMILES string of the molecule is CCCn1ccc(C(=O)Nc2ccc3c(c2)CCC3)n1. The number of hydrogen-bond donors (Lipinski definition) is 1. The number of nitrogens with zero attached hydrogens (tertiary/aromatic N) is 2. The number of aromatic nitrogens is 2. The van der Waals surface area contributed by atoms with Gasteiger partial charge in [-0.3, -0.25) is 9.48 Å². The Hall–Kier alpha value is -2.10. The fourth-order valence-corrected chi connectivity index (χ4v) is 2.68. The summed E-state index contributed by atoms with van der Waals surface area (Å²) >= 11 is 0. The molecule has 0 unspecified atom stereocenters. The van der Waals surface area contributed by atoms with Crippen molar-refractivity contribution in [1.29, 1.82) is 0 Å². The van der Waals surface area contributed by atoms with E-state index in [0.717, 1.165) is 31.5 Å². The first-order valence-corrected chi connectivity index (χ1v) is 7.23. The van der Waals surface area contributed by atoms with Gasteiger partial charge < -0.3 is 5.32 Å². The van der Waals surface area contributed by atoms with Gasteiger partial charge >= 0.3 is 0 Å². The van der Waals surface area contributed by atoms with Gasteiger partial charge in [0.15, 0.2) is 5.69 Å². The van der Waals surface area contributed by atoms with Crippen LogP contribution in [0.25, 0.3) is 0 Å². The third-order valence-electron chi connectivity index (χ3n) is 3.68. The molecule has 0 saturated heterocycles. The molecular weight excluding hydrogens is 250 g/mol. The second-order valence-electron chi connectivity index (χ2n) is 5.26. The molecule has 1 aromatic heterocycles. The first kappa shape index (κ1) is 12.9. The van der Waals surface area contributed by atoms with Gasteiger partial charge in [-0.05, 0) is 55.0 Å². The van der Waals surface area contributed by atoms with Crippen molar-refractivity contribution in [3.63, 3.8) is 0 Å². The van der Waals surface area contributed by atoms with Crippen LogP contribution < -0.4 is 5.32 Å². The van der Waals surface area contributed by atoms with Crippen molar-refractivity contribution >= 4 is 11.6 Å². The molecule has 1 N–H and O–H groups in total. The van der Waals surface area contributed by atoms with Crippen molar-refractivity contribution in [2.75, 3.05) is 5.32 Å². The molecular formula is C16H19N3O. The highest BCUT2D eigenvalue weighted by Gasteiger charge is 2.13. The van der Waals surface area contributed by atoms with Crippen LogP contribution in [-0.2, 0) is 19.4 Å². The zero-order valence-corrected chi connectivity index (χ0v) is 11.7. The maximum absolute atomic E-state index is 12.1. The van der Waals surface area contributed by atoms with Gasteiger partial charge in [0.05, 0.1) is 0 Å². The summed E-state index contributed by atoms with van der Waals surface area (Å²) in [6, 6.07) is 7.94. The van der Waals surface area contributed by atoms with E-state index in [4.69, 9.17) is 0 Å². The normalized spacial score (nSPS) is 13.2. The fraction of sp³-hybridized carbons (Fsp3) is 0.375. The van der Waals surface area contributed by atoms with Crippen molar-refractivity contribution in [2.24, 2.45) is 0 Å². The Morgan fingerprint density at radius 2 is 2.15 bits per heavy atom. The highest BCUT2D eigenvalue weighted by atomic mass is 16.1. The summed E-state index contributed by atoms with van der Waals surface area (Å²) in [6.07, 6.45) is 6.35. The smallest absolute Gasteiger partial charge is 0.276 e. The number of benzene rings is 1. The Morgan fingerprint density at radius 1 is 1.30 bits per heavy atom. The monoisotopic (exact) mass is 269 g/mol. The summed E-state index contributed by atoms with van der Waals surface area (Å²) in [7, 11) is 0. The number of carbonyl (C=O) groups excluding carboxylic acids is 1. The van der Waals surface area contributed by atoms with E-state index in [1.807, 2.05) is 12.3 Å². The number of hydrogen-bond acceptors (Lipinski definition) is 2. The standard InChI is InChI=1S/C16H19N3O/c1-2-9-19-10-8-15(18-19)16(20)17-14-7-6-12-4-3-5-13(12)11-14/h6-8,10-11H,2-5,9H2,1H3,(H,17,20). The van der Waals surface area contributed by atoms with Crippen LogP contribution >= 0.6 is 0 Å². The molecule has 1 heterocycles. The lowest BCUT2D eigenvalue weighted by Gasteiger charge is -2.06. The Kier molecular flexibility index (Phi) is 3.54. The molecule has 0 aliphatic heterocycles. The van der Waals surface area contributed by atoms with E-state index in [1.54, 1.807) is 10.7 Å². The molecule has 20 heavy (non-hydrogen) atoms. The summed E-state index contributed by atoms with van der Waals surface area (Å²) in [5.74, 6) is -0.141. The third kappa shape index (κ3) is 2.59. The molecule has 0 bridgehead atoms. The van der Waals surface area contributed by atoms with E-state index >= 15 is 0 Å². The molecule has 0 saturated carbocycles. The van der Waals surface area contributed by atoms with E-state index in [-0.39, 0.29) is 5.91 Å². The van der Waals surface area contributed by atoms with Crippen molar-refractivity contribution in [3.8, 4) is 0 Å². The van der Waals surface area contributed by atoms with E-state index in [1.165, 1.54) is 17.5 Å². The fourth-order valence-electron chi connectivity index (χ4n) is 2.68. The molecule has 4 nitrogen and oxygen atoms in total. The number of anilines is 1. The molecule has 1 aliphatic carbocycles. The summed E-state index contributed by atoms with van der Waals surface area (Å²) in [6.45, 7) is 2.93. The molecule has 1 aliphatic rings. The minimum Gasteiger partial charge on any atom is -0.321 e. The van der Waals surface area contributed by atoms with Crippen LogP contribution in [0.4, 0.5) is 5.69 Å². The van der Waals surface area contributed by atoms with Gasteiger partial charge in [-0.1, -0.05) is 13.0 Å². The number of rotatable bonds is 4. The molecule has 0 atom stereocenters. The third-order valence-corrected chi connectivity index (χ3v) is 3.68. The zero-order chi connectivity index (χ0) is 13.9. The predicted octanol–water partition coefficient (Wildman–Crippen LogP) is 3.03. The maximum atomic E-state index is 12.1. The minimum absolute atomic E-state index is 0.141. The van der Waals surface area contributed by atoms with Crippen molar-refractivity contribution in [2.45, 2.75) is 39.2 Å². The second-order valence-corrected chi connectivity index (χ2v) is 5.26. The molecule has 4 heteroatoms. The molecule has 0 radical (unpaired) electrons. The van der Waals surface area contributed by atoms with Crippen LogP contribution in [0.1, 0.15) is 41.4 Å². The lowest BCUT2D eigenvalue weighted by atomic mass is 10.1. The molecule has 1 aromatic carbocycles. The van der Waals surface area contributed by atoms with Crippen LogP contribution in [0.5, 0.6) is 0 Å². The molecule has 2 aromatic rings. The number of nitrogens with one attached hydrogen (secondary N) is 1. The lowest BCUT2D eigenvalue weighted by Crippen LogP contribution is -2.13. The molecule has 0 spiro atoms. The highest BCUT2D eigenvalue weighted by Crippen LogP contribution is 2.25. The Balaban J connectivity index is 1.71. The zero-order valence-electron chi connectivity index (χ0n) is 11.7. The van der Waals surface area contributed by atoms with Gasteiger partial charge in [0.25, 0.3) is 5.91 Å². The topological polar surface area (TPSA) is 46.9 Å². The second kappa shape index (κ2) is 5.49. The summed E-state index contributed by atoms with van der Waals surface area (Å²) in [4.78, 5) is 12.1. The van der Waals surface area contributed by atoms with Crippen LogP contribution in [0, 0.1) is 0 Å². The van der Waals surface area contributed by atoms with E-state index in [0.29, 0.717) is 5.69 Å². The Bertz CT molecular complexity index is 630. The van der Waals surface area contributed by atoms with E-state index in [2.05, 4.69) is 29.5 Å². The minimum atomic E-state index is -0.141. The maximum Gasteiger partial charge on any atom is 0.276 e. The van der Waals surface area contributed by atoms with E-state index < -0.39 is 0 Å². The predicted molar refractivity (Wildman–Crippen MR) is 78.9 cm³/mol. The summed E-state index contributed by atoms with van der Waals surface area (Å²) < 4.78 is 1.80. The van der Waals surface area contributed by atoms with Gasteiger partial charge in [-0.2, -0.15) is 5.10 Å². The van der Waals surface area contributed by atoms with Gasteiger partial charge in [0, 0.05) is 18.4 Å². The largest absolute Gasteiger partial charge is 0.321 e. The average Bonchev–Trinajstić information content (AvgIpc) is 3.07. The van der Waals surface area contributed by atoms with Crippen molar-refractivity contribution in [3.05, 3.63) is 47.3 Å². The number of fused-ring (bicyclic) bond motifs is 1. The average molecular weight is 269 g/mol. The Labute approximate surface area is 118 Å². The number of carbonyl (C=O) groups is 1. The summed E-state index contributed by atoms with van der Waals surface area (Å²) in [5.41, 5.74) is 4.11. The van der Waals surface area contributed by atoms with Crippen LogP contribution in [0.3, 0.4) is 0 Å². The molecule has 104 valence electrons. The summed E-state index contributed by atoms with van der Waals surface area (Å²) in [5, 5.41) is 7.20. The lowest BCUT2D eigenvalue weighted by molar-refractivity contribution is 0.102. The molecule has 1 amide bonds. The van der Waals surface area contributed by atoms with Crippen LogP contribution in [0.2, 0.25) is 0 Å². The van der Waals surface area contributed by atoms with Gasteiger partial charge in [-0.25, -0.2) is 0 Å². The molecule has 3 rings (SSSR count). The quantitative estimate of drug-likeness (QED) is 0.927. The Morgan fingerprint density at radius 3 is 3.00 bits per heavy atom. The first-order chi connectivity index (χ1) is 9.76. The molecule has 0 fully saturated rings. The van der Waals surface area contributed by atoms with Crippen molar-refractivity contribution < 1.29 is 4.79 Å². The van der Waals surface area contributed by atoms with Gasteiger partial charge in [0.1, 0.15) is 0 Å². The van der Waals surface area contributed by atoms with Gasteiger partial charge in [-0.15, -0.1) is 0 Å². The number of amides is 1. The first-order valence-electron chi connectivity index (χ1n) is 7.23.